The number of aliphatic carboxylic acids is 1. The van der Waals surface area contributed by atoms with E-state index in [0.29, 0.717) is 23.3 Å². The molecular formula is C11H16ClN3O2. The number of nitrogens with zero attached hydrogens (tertiary/aromatic N) is 2. The number of aromatic nitrogens is 2. The molecule has 1 aromatic rings. The molecule has 17 heavy (non-hydrogen) atoms. The molecule has 0 amide bonds. The molecule has 0 radical (unpaired) electrons. The van der Waals surface area contributed by atoms with E-state index in [1.807, 2.05) is 6.92 Å². The molecule has 0 fully saturated rings. The topological polar surface area (TPSA) is 75.1 Å². The molecule has 0 aliphatic carbocycles. The van der Waals surface area contributed by atoms with Crippen LogP contribution in [0.5, 0.6) is 0 Å². The van der Waals surface area contributed by atoms with Gasteiger partial charge in [0.15, 0.2) is 5.15 Å². The standard InChI is InChI=1S/C11H16ClN3O2/c1-8(2-5-11(16)17)6-7-13-10-4-3-9(12)14-15-10/h3-4,8H,2,5-7H2,1H3,(H,13,15)(H,16,17). The Labute approximate surface area is 105 Å². The maximum absolute atomic E-state index is 10.4. The summed E-state index contributed by atoms with van der Waals surface area (Å²) >= 11 is 5.61. The Balaban J connectivity index is 2.18. The lowest BCUT2D eigenvalue weighted by Gasteiger charge is -2.10. The van der Waals surface area contributed by atoms with Gasteiger partial charge in [-0.15, -0.1) is 10.2 Å². The van der Waals surface area contributed by atoms with E-state index in [-0.39, 0.29) is 6.42 Å². The summed E-state index contributed by atoms with van der Waals surface area (Å²) in [7, 11) is 0. The zero-order chi connectivity index (χ0) is 12.7. The van der Waals surface area contributed by atoms with Crippen LogP contribution < -0.4 is 5.32 Å². The number of hydrogen-bond donors (Lipinski definition) is 2. The molecule has 1 rings (SSSR count). The van der Waals surface area contributed by atoms with Gasteiger partial charge in [0.2, 0.25) is 0 Å². The van der Waals surface area contributed by atoms with Gasteiger partial charge in [-0.1, -0.05) is 18.5 Å². The van der Waals surface area contributed by atoms with Crippen LogP contribution in [-0.2, 0) is 4.79 Å². The van der Waals surface area contributed by atoms with Gasteiger partial charge in [-0.25, -0.2) is 0 Å². The van der Waals surface area contributed by atoms with Gasteiger partial charge >= 0.3 is 5.97 Å². The lowest BCUT2D eigenvalue weighted by atomic mass is 10.0. The Bertz CT molecular complexity index is 356. The number of hydrogen-bond acceptors (Lipinski definition) is 4. The van der Waals surface area contributed by atoms with Crippen LogP contribution in [0.15, 0.2) is 12.1 Å². The van der Waals surface area contributed by atoms with Gasteiger partial charge in [0, 0.05) is 13.0 Å². The van der Waals surface area contributed by atoms with Gasteiger partial charge in [-0.3, -0.25) is 4.79 Å². The van der Waals surface area contributed by atoms with Gasteiger partial charge in [-0.2, -0.15) is 0 Å². The van der Waals surface area contributed by atoms with Gasteiger partial charge in [0.1, 0.15) is 5.82 Å². The smallest absolute Gasteiger partial charge is 0.303 e. The van der Waals surface area contributed by atoms with Crippen molar-refractivity contribution < 1.29 is 9.90 Å². The summed E-state index contributed by atoms with van der Waals surface area (Å²) < 4.78 is 0. The first-order valence-corrected chi connectivity index (χ1v) is 5.90. The first-order valence-electron chi connectivity index (χ1n) is 5.53. The molecule has 0 saturated carbocycles. The van der Waals surface area contributed by atoms with Crippen molar-refractivity contribution in [3.05, 3.63) is 17.3 Å². The van der Waals surface area contributed by atoms with Crippen LogP contribution in [0.4, 0.5) is 5.82 Å². The molecule has 0 spiro atoms. The monoisotopic (exact) mass is 257 g/mol. The van der Waals surface area contributed by atoms with Crippen LogP contribution in [0.1, 0.15) is 26.2 Å². The van der Waals surface area contributed by atoms with Crippen molar-refractivity contribution in [2.24, 2.45) is 5.92 Å². The highest BCUT2D eigenvalue weighted by atomic mass is 35.5. The Morgan fingerprint density at radius 3 is 2.82 bits per heavy atom. The third kappa shape index (κ3) is 6.06. The van der Waals surface area contributed by atoms with Gasteiger partial charge in [0.05, 0.1) is 0 Å². The zero-order valence-corrected chi connectivity index (χ0v) is 10.4. The largest absolute Gasteiger partial charge is 0.481 e. The van der Waals surface area contributed by atoms with E-state index in [0.717, 1.165) is 13.0 Å². The van der Waals surface area contributed by atoms with E-state index in [9.17, 15) is 4.79 Å². The second-order valence-corrected chi connectivity index (χ2v) is 4.38. The minimum atomic E-state index is -0.742. The molecule has 0 aliphatic heterocycles. The Kier molecular flexibility index (Phi) is 5.69. The Morgan fingerprint density at radius 2 is 2.24 bits per heavy atom. The number of nitrogens with one attached hydrogen (secondary N) is 1. The number of carboxylic acid groups (broad SMARTS) is 1. The number of carboxylic acids is 1. The minimum Gasteiger partial charge on any atom is -0.481 e. The zero-order valence-electron chi connectivity index (χ0n) is 9.69. The van der Waals surface area contributed by atoms with Crippen LogP contribution in [0.25, 0.3) is 0 Å². The van der Waals surface area contributed by atoms with E-state index >= 15 is 0 Å². The number of carbonyl (C=O) groups is 1. The summed E-state index contributed by atoms with van der Waals surface area (Å²) in [5.74, 6) is 0.312. The fourth-order valence-corrected chi connectivity index (χ4v) is 1.47. The highest BCUT2D eigenvalue weighted by Crippen LogP contribution is 2.11. The lowest BCUT2D eigenvalue weighted by Crippen LogP contribution is -2.09. The van der Waals surface area contributed by atoms with Gasteiger partial charge in [0.25, 0.3) is 0 Å². The van der Waals surface area contributed by atoms with E-state index < -0.39 is 5.97 Å². The van der Waals surface area contributed by atoms with Crippen molar-refractivity contribution in [3.63, 3.8) is 0 Å². The fraction of sp³-hybridized carbons (Fsp3) is 0.545. The molecule has 1 heterocycles. The average Bonchev–Trinajstić information content (AvgIpc) is 2.29. The highest BCUT2D eigenvalue weighted by molar-refractivity contribution is 6.29. The van der Waals surface area contributed by atoms with Crippen LogP contribution in [-0.4, -0.2) is 27.8 Å². The number of halogens is 1. The second kappa shape index (κ2) is 7.06. The maximum atomic E-state index is 10.4. The summed E-state index contributed by atoms with van der Waals surface area (Å²) in [5.41, 5.74) is 0. The summed E-state index contributed by atoms with van der Waals surface area (Å²) in [4.78, 5) is 10.4. The third-order valence-electron chi connectivity index (χ3n) is 2.43. The van der Waals surface area contributed by atoms with Crippen LogP contribution in [0.2, 0.25) is 5.15 Å². The molecule has 1 atom stereocenters. The predicted molar refractivity (Wildman–Crippen MR) is 66.2 cm³/mol. The van der Waals surface area contributed by atoms with Crippen LogP contribution in [0.3, 0.4) is 0 Å². The van der Waals surface area contributed by atoms with Crippen molar-refractivity contribution in [3.8, 4) is 0 Å². The van der Waals surface area contributed by atoms with Gasteiger partial charge in [-0.05, 0) is 30.9 Å². The molecule has 1 aromatic heterocycles. The quantitative estimate of drug-likeness (QED) is 0.785. The molecule has 6 heteroatoms. The molecule has 5 nitrogen and oxygen atoms in total. The molecule has 0 aromatic carbocycles. The SMILES string of the molecule is CC(CCNc1ccc(Cl)nn1)CCC(=O)O. The normalized spacial score (nSPS) is 12.1. The summed E-state index contributed by atoms with van der Waals surface area (Å²) in [6, 6.07) is 3.43. The Morgan fingerprint density at radius 1 is 1.47 bits per heavy atom. The van der Waals surface area contributed by atoms with Crippen LogP contribution >= 0.6 is 11.6 Å². The van der Waals surface area contributed by atoms with Crippen molar-refractivity contribution in [2.75, 3.05) is 11.9 Å². The van der Waals surface area contributed by atoms with Crippen LogP contribution in [0, 0.1) is 5.92 Å². The van der Waals surface area contributed by atoms with Gasteiger partial charge < -0.3 is 10.4 Å². The number of rotatable bonds is 7. The number of anilines is 1. The Hall–Kier alpha value is -1.36. The van der Waals surface area contributed by atoms with E-state index in [4.69, 9.17) is 16.7 Å². The molecule has 1 unspecified atom stereocenters. The lowest BCUT2D eigenvalue weighted by molar-refractivity contribution is -0.137. The molecule has 0 aliphatic rings. The van der Waals surface area contributed by atoms with Crippen molar-refractivity contribution in [2.45, 2.75) is 26.2 Å². The summed E-state index contributed by atoms with van der Waals surface area (Å²) in [5, 5.41) is 19.6. The minimum absolute atomic E-state index is 0.224. The van der Waals surface area contributed by atoms with Crippen molar-refractivity contribution >= 4 is 23.4 Å². The maximum Gasteiger partial charge on any atom is 0.303 e. The van der Waals surface area contributed by atoms with E-state index in [2.05, 4.69) is 15.5 Å². The molecule has 94 valence electrons. The average molecular weight is 258 g/mol. The summed E-state index contributed by atoms with van der Waals surface area (Å²) in [6.07, 6.45) is 1.82. The van der Waals surface area contributed by atoms with E-state index in [1.54, 1.807) is 12.1 Å². The first kappa shape index (κ1) is 13.7. The molecular weight excluding hydrogens is 242 g/mol. The second-order valence-electron chi connectivity index (χ2n) is 3.99. The van der Waals surface area contributed by atoms with Crippen molar-refractivity contribution in [1.82, 2.24) is 10.2 Å². The molecule has 0 bridgehead atoms. The highest BCUT2D eigenvalue weighted by Gasteiger charge is 2.05. The van der Waals surface area contributed by atoms with E-state index in [1.165, 1.54) is 0 Å². The first-order chi connectivity index (χ1) is 8.08. The molecule has 0 saturated heterocycles. The predicted octanol–water partition coefficient (Wildman–Crippen LogP) is 2.43. The summed E-state index contributed by atoms with van der Waals surface area (Å²) in [6.45, 7) is 2.79. The third-order valence-corrected chi connectivity index (χ3v) is 2.63. The van der Waals surface area contributed by atoms with Crippen molar-refractivity contribution in [1.29, 1.82) is 0 Å². The molecule has 2 N–H and O–H groups in total. The fourth-order valence-electron chi connectivity index (χ4n) is 1.37.